The third kappa shape index (κ3) is 3.66. The van der Waals surface area contributed by atoms with Crippen molar-refractivity contribution in [3.8, 4) is 0 Å². The van der Waals surface area contributed by atoms with E-state index in [9.17, 15) is 0 Å². The first-order chi connectivity index (χ1) is 9.84. The second kappa shape index (κ2) is 7.30. The van der Waals surface area contributed by atoms with E-state index in [1.54, 1.807) is 0 Å². The molecule has 0 spiro atoms. The number of halogens is 1. The Morgan fingerprint density at radius 2 is 1.67 bits per heavy atom. The van der Waals surface area contributed by atoms with E-state index >= 15 is 0 Å². The number of aryl methyl sites for hydroxylation is 1. The molecule has 0 saturated heterocycles. The summed E-state index contributed by atoms with van der Waals surface area (Å²) in [6, 6.07) is 19.2. The molecule has 2 aromatic carbocycles. The van der Waals surface area contributed by atoms with Crippen LogP contribution < -0.4 is 5.32 Å². The van der Waals surface area contributed by atoms with Crippen molar-refractivity contribution < 1.29 is 0 Å². The molecule has 21 heavy (non-hydrogen) atoms. The molecule has 0 aliphatic heterocycles. The Balaban J connectivity index is 0.00000161. The Morgan fingerprint density at radius 3 is 2.48 bits per heavy atom. The first-order valence-electron chi connectivity index (χ1n) is 7.12. The second-order valence-corrected chi connectivity index (χ2v) is 5.19. The molecule has 0 aliphatic rings. The van der Waals surface area contributed by atoms with Crippen LogP contribution in [0.3, 0.4) is 0 Å². The first-order valence-corrected chi connectivity index (χ1v) is 7.12. The average Bonchev–Trinajstić information content (AvgIpc) is 2.82. The van der Waals surface area contributed by atoms with Gasteiger partial charge in [-0.15, -0.1) is 12.4 Å². The Bertz CT molecular complexity index is 689. The lowest BCUT2D eigenvalue weighted by Crippen LogP contribution is -2.16. The third-order valence-corrected chi connectivity index (χ3v) is 3.73. The predicted molar refractivity (Wildman–Crippen MR) is 92.0 cm³/mol. The molecular formula is C18H21ClN2. The van der Waals surface area contributed by atoms with E-state index < -0.39 is 0 Å². The summed E-state index contributed by atoms with van der Waals surface area (Å²) in [6.07, 6.45) is 3.30. The molecule has 0 aliphatic carbocycles. The Hall–Kier alpha value is -1.77. The van der Waals surface area contributed by atoms with Gasteiger partial charge in [0.25, 0.3) is 0 Å². The van der Waals surface area contributed by atoms with Crippen LogP contribution in [0.5, 0.6) is 0 Å². The summed E-state index contributed by atoms with van der Waals surface area (Å²) in [6.45, 7) is 1.93. The van der Waals surface area contributed by atoms with Gasteiger partial charge in [-0.2, -0.15) is 0 Å². The fourth-order valence-corrected chi connectivity index (χ4v) is 2.67. The standard InChI is InChI=1S/C18H20N2.ClH/c1-20-14-16(17-9-5-6-10-18(17)20)13-19-12-11-15-7-3-2-4-8-15;/h2-10,14,19H,11-13H2,1H3;1H. The molecule has 0 atom stereocenters. The molecule has 110 valence electrons. The van der Waals surface area contributed by atoms with Crippen molar-refractivity contribution in [2.45, 2.75) is 13.0 Å². The summed E-state index contributed by atoms with van der Waals surface area (Å²) >= 11 is 0. The van der Waals surface area contributed by atoms with E-state index in [0.29, 0.717) is 0 Å². The molecule has 0 saturated carbocycles. The van der Waals surface area contributed by atoms with Crippen LogP contribution in [-0.4, -0.2) is 11.1 Å². The molecule has 0 amide bonds. The highest BCUT2D eigenvalue weighted by Crippen LogP contribution is 2.19. The topological polar surface area (TPSA) is 17.0 Å². The van der Waals surface area contributed by atoms with E-state index in [4.69, 9.17) is 0 Å². The lowest BCUT2D eigenvalue weighted by Gasteiger charge is -2.04. The normalized spacial score (nSPS) is 10.5. The lowest BCUT2D eigenvalue weighted by atomic mass is 10.1. The summed E-state index contributed by atoms with van der Waals surface area (Å²) in [5.74, 6) is 0. The number of para-hydroxylation sites is 1. The molecule has 3 aromatic rings. The van der Waals surface area contributed by atoms with Gasteiger partial charge in [-0.05, 0) is 30.2 Å². The minimum atomic E-state index is 0. The number of hydrogen-bond donors (Lipinski definition) is 1. The van der Waals surface area contributed by atoms with Crippen molar-refractivity contribution in [1.82, 2.24) is 9.88 Å². The highest BCUT2D eigenvalue weighted by molar-refractivity contribution is 5.85. The summed E-state index contributed by atoms with van der Waals surface area (Å²) < 4.78 is 2.20. The van der Waals surface area contributed by atoms with Crippen molar-refractivity contribution in [2.24, 2.45) is 7.05 Å². The first kappa shape index (κ1) is 15.6. The fraction of sp³-hybridized carbons (Fsp3) is 0.222. The van der Waals surface area contributed by atoms with E-state index in [1.807, 2.05) is 0 Å². The van der Waals surface area contributed by atoms with Crippen LogP contribution in [0.2, 0.25) is 0 Å². The van der Waals surface area contributed by atoms with Gasteiger partial charge in [-0.1, -0.05) is 48.5 Å². The van der Waals surface area contributed by atoms with Gasteiger partial charge in [0.15, 0.2) is 0 Å². The summed E-state index contributed by atoms with van der Waals surface area (Å²) in [7, 11) is 2.11. The van der Waals surface area contributed by atoms with E-state index in [-0.39, 0.29) is 12.4 Å². The maximum Gasteiger partial charge on any atom is 0.0481 e. The van der Waals surface area contributed by atoms with Crippen LogP contribution in [0.1, 0.15) is 11.1 Å². The van der Waals surface area contributed by atoms with Crippen LogP contribution in [-0.2, 0) is 20.0 Å². The Kier molecular flexibility index (Phi) is 5.43. The molecule has 0 fully saturated rings. The van der Waals surface area contributed by atoms with Crippen LogP contribution in [0.15, 0.2) is 60.8 Å². The zero-order valence-corrected chi connectivity index (χ0v) is 13.1. The van der Waals surface area contributed by atoms with Crippen LogP contribution in [0.4, 0.5) is 0 Å². The lowest BCUT2D eigenvalue weighted by molar-refractivity contribution is 0.688. The van der Waals surface area contributed by atoms with Crippen molar-refractivity contribution in [3.63, 3.8) is 0 Å². The zero-order valence-electron chi connectivity index (χ0n) is 12.3. The van der Waals surface area contributed by atoms with Gasteiger partial charge < -0.3 is 9.88 Å². The van der Waals surface area contributed by atoms with Crippen molar-refractivity contribution in [3.05, 3.63) is 71.9 Å². The number of aromatic nitrogens is 1. The molecule has 3 heteroatoms. The van der Waals surface area contributed by atoms with Crippen molar-refractivity contribution in [1.29, 1.82) is 0 Å². The minimum Gasteiger partial charge on any atom is -0.350 e. The Morgan fingerprint density at radius 1 is 0.952 bits per heavy atom. The van der Waals surface area contributed by atoms with E-state index in [2.05, 4.69) is 77.7 Å². The van der Waals surface area contributed by atoms with Gasteiger partial charge in [0.2, 0.25) is 0 Å². The molecule has 1 heterocycles. The number of nitrogens with zero attached hydrogens (tertiary/aromatic N) is 1. The number of nitrogens with one attached hydrogen (secondary N) is 1. The Labute approximate surface area is 132 Å². The van der Waals surface area contributed by atoms with Crippen molar-refractivity contribution >= 4 is 23.3 Å². The zero-order chi connectivity index (χ0) is 13.8. The molecular weight excluding hydrogens is 280 g/mol. The van der Waals surface area contributed by atoms with Crippen LogP contribution >= 0.6 is 12.4 Å². The molecule has 0 radical (unpaired) electrons. The number of benzene rings is 2. The van der Waals surface area contributed by atoms with Gasteiger partial charge in [-0.25, -0.2) is 0 Å². The summed E-state index contributed by atoms with van der Waals surface area (Å²) in [5.41, 5.74) is 4.06. The molecule has 0 unspecified atom stereocenters. The van der Waals surface area contributed by atoms with Gasteiger partial charge in [0, 0.05) is 30.7 Å². The van der Waals surface area contributed by atoms with Gasteiger partial charge in [-0.3, -0.25) is 0 Å². The third-order valence-electron chi connectivity index (χ3n) is 3.73. The van der Waals surface area contributed by atoms with Gasteiger partial charge >= 0.3 is 0 Å². The maximum atomic E-state index is 3.54. The fourth-order valence-electron chi connectivity index (χ4n) is 2.67. The molecule has 3 rings (SSSR count). The maximum absolute atomic E-state index is 3.54. The molecule has 2 nitrogen and oxygen atoms in total. The van der Waals surface area contributed by atoms with E-state index in [1.165, 1.54) is 22.0 Å². The molecule has 1 N–H and O–H groups in total. The molecule has 0 bridgehead atoms. The van der Waals surface area contributed by atoms with Crippen molar-refractivity contribution in [2.75, 3.05) is 6.54 Å². The monoisotopic (exact) mass is 300 g/mol. The highest BCUT2D eigenvalue weighted by Gasteiger charge is 2.04. The smallest absolute Gasteiger partial charge is 0.0481 e. The van der Waals surface area contributed by atoms with Crippen LogP contribution in [0, 0.1) is 0 Å². The van der Waals surface area contributed by atoms with Gasteiger partial charge in [0.05, 0.1) is 0 Å². The number of rotatable bonds is 5. The quantitative estimate of drug-likeness (QED) is 0.706. The second-order valence-electron chi connectivity index (χ2n) is 5.19. The summed E-state index contributed by atoms with van der Waals surface area (Å²) in [4.78, 5) is 0. The largest absolute Gasteiger partial charge is 0.350 e. The number of fused-ring (bicyclic) bond motifs is 1. The summed E-state index contributed by atoms with van der Waals surface area (Å²) in [5, 5.41) is 4.89. The average molecular weight is 301 g/mol. The van der Waals surface area contributed by atoms with Crippen LogP contribution in [0.25, 0.3) is 10.9 Å². The molecule has 1 aromatic heterocycles. The highest BCUT2D eigenvalue weighted by atomic mass is 35.5. The number of hydrogen-bond acceptors (Lipinski definition) is 1. The van der Waals surface area contributed by atoms with E-state index in [0.717, 1.165) is 19.5 Å². The minimum absolute atomic E-state index is 0. The predicted octanol–water partition coefficient (Wildman–Crippen LogP) is 3.93. The SMILES string of the molecule is Cl.Cn1cc(CNCCc2ccccc2)c2ccccc21. The van der Waals surface area contributed by atoms with Gasteiger partial charge in [0.1, 0.15) is 0 Å².